The number of pyridine rings is 1. The van der Waals surface area contributed by atoms with E-state index in [4.69, 9.17) is 4.74 Å². The van der Waals surface area contributed by atoms with Gasteiger partial charge in [0.05, 0.1) is 0 Å². The van der Waals surface area contributed by atoms with Gasteiger partial charge < -0.3 is 10.1 Å². The van der Waals surface area contributed by atoms with Crippen molar-refractivity contribution in [2.24, 2.45) is 0 Å². The van der Waals surface area contributed by atoms with Gasteiger partial charge in [0.2, 0.25) is 0 Å². The van der Waals surface area contributed by atoms with Crippen molar-refractivity contribution in [2.45, 2.75) is 0 Å². The van der Waals surface area contributed by atoms with E-state index in [9.17, 15) is 9.18 Å². The van der Waals surface area contributed by atoms with Crippen LogP contribution in [0.5, 0.6) is 5.75 Å². The van der Waals surface area contributed by atoms with Crippen LogP contribution in [0.2, 0.25) is 0 Å². The molecule has 22 heavy (non-hydrogen) atoms. The average molecular weight is 296 g/mol. The predicted molar refractivity (Wildman–Crippen MR) is 82.3 cm³/mol. The molecule has 0 saturated carbocycles. The Morgan fingerprint density at radius 3 is 2.86 bits per heavy atom. The zero-order valence-electron chi connectivity index (χ0n) is 11.6. The molecule has 1 aromatic heterocycles. The van der Waals surface area contributed by atoms with Gasteiger partial charge in [0.1, 0.15) is 0 Å². The summed E-state index contributed by atoms with van der Waals surface area (Å²) < 4.78 is 18.6. The second kappa shape index (κ2) is 6.22. The number of carbonyl (C=O) groups excluding carboxylic acids is 1. The van der Waals surface area contributed by atoms with Crippen LogP contribution in [0.15, 0.2) is 60.9 Å². The fourth-order valence-electron chi connectivity index (χ4n) is 2.12. The Morgan fingerprint density at radius 1 is 1.14 bits per heavy atom. The van der Waals surface area contributed by atoms with Crippen molar-refractivity contribution in [1.82, 2.24) is 4.98 Å². The maximum absolute atomic E-state index is 13.4. The van der Waals surface area contributed by atoms with Crippen LogP contribution >= 0.6 is 0 Å². The smallest absolute Gasteiger partial charge is 0.262 e. The molecule has 0 radical (unpaired) electrons. The van der Waals surface area contributed by atoms with Gasteiger partial charge in [-0.1, -0.05) is 24.3 Å². The molecule has 0 unspecified atom stereocenters. The van der Waals surface area contributed by atoms with Crippen molar-refractivity contribution in [3.05, 3.63) is 66.7 Å². The average Bonchev–Trinajstić information content (AvgIpc) is 2.54. The molecule has 1 amide bonds. The Hall–Kier alpha value is -2.95. The first kappa shape index (κ1) is 14.0. The van der Waals surface area contributed by atoms with Crippen molar-refractivity contribution in [1.29, 1.82) is 0 Å². The number of fused-ring (bicyclic) bond motifs is 1. The highest BCUT2D eigenvalue weighted by Crippen LogP contribution is 2.22. The first-order chi connectivity index (χ1) is 10.7. The predicted octanol–water partition coefficient (Wildman–Crippen LogP) is 3.39. The summed E-state index contributed by atoms with van der Waals surface area (Å²) in [7, 11) is 0. The Balaban J connectivity index is 1.70. The molecule has 0 fully saturated rings. The Bertz CT molecular complexity index is 815. The summed E-state index contributed by atoms with van der Waals surface area (Å²) in [6.07, 6.45) is 3.38. The number of anilines is 1. The number of benzene rings is 2. The highest BCUT2D eigenvalue weighted by atomic mass is 19.1. The molecular formula is C17H13FN2O2. The van der Waals surface area contributed by atoms with E-state index in [1.165, 1.54) is 12.1 Å². The number of amides is 1. The van der Waals surface area contributed by atoms with Gasteiger partial charge in [-0.25, -0.2) is 4.39 Å². The number of aromatic nitrogens is 1. The van der Waals surface area contributed by atoms with Gasteiger partial charge in [-0.3, -0.25) is 9.78 Å². The Kier molecular flexibility index (Phi) is 3.96. The molecule has 1 heterocycles. The van der Waals surface area contributed by atoms with Gasteiger partial charge in [0, 0.05) is 28.9 Å². The summed E-state index contributed by atoms with van der Waals surface area (Å²) in [5.41, 5.74) is 0.669. The number of para-hydroxylation sites is 1. The molecule has 0 atom stereocenters. The van der Waals surface area contributed by atoms with Gasteiger partial charge in [0.15, 0.2) is 18.2 Å². The summed E-state index contributed by atoms with van der Waals surface area (Å²) in [5, 5.41) is 4.57. The highest BCUT2D eigenvalue weighted by molar-refractivity contribution is 6.02. The standard InChI is InChI=1S/C17H13FN2O2/c18-14-5-1-2-7-16(14)22-11-17(21)20-15-6-3-4-12-10-19-9-8-13(12)15/h1-10H,11H2,(H,20,21). The Labute approximate surface area is 126 Å². The fraction of sp³-hybridized carbons (Fsp3) is 0.0588. The molecule has 3 rings (SSSR count). The lowest BCUT2D eigenvalue weighted by Crippen LogP contribution is -2.20. The molecule has 0 saturated heterocycles. The van der Waals surface area contributed by atoms with E-state index in [1.807, 2.05) is 18.2 Å². The van der Waals surface area contributed by atoms with Crippen LogP contribution in [0.25, 0.3) is 10.8 Å². The maximum atomic E-state index is 13.4. The van der Waals surface area contributed by atoms with Crippen LogP contribution in [0.3, 0.4) is 0 Å². The molecule has 4 nitrogen and oxygen atoms in total. The first-order valence-electron chi connectivity index (χ1n) is 6.74. The third-order valence-electron chi connectivity index (χ3n) is 3.15. The van der Waals surface area contributed by atoms with E-state index in [0.29, 0.717) is 5.69 Å². The normalized spacial score (nSPS) is 10.4. The second-order valence-electron chi connectivity index (χ2n) is 4.67. The summed E-state index contributed by atoms with van der Waals surface area (Å²) in [5.74, 6) is -0.793. The fourth-order valence-corrected chi connectivity index (χ4v) is 2.12. The monoisotopic (exact) mass is 296 g/mol. The molecule has 3 aromatic rings. The quantitative estimate of drug-likeness (QED) is 0.803. The summed E-state index contributed by atoms with van der Waals surface area (Å²) in [6, 6.07) is 13.3. The van der Waals surface area contributed by atoms with Gasteiger partial charge in [-0.05, 0) is 24.3 Å². The number of hydrogen-bond donors (Lipinski definition) is 1. The lowest BCUT2D eigenvalue weighted by molar-refractivity contribution is -0.118. The number of nitrogens with one attached hydrogen (secondary N) is 1. The van der Waals surface area contributed by atoms with E-state index >= 15 is 0 Å². The first-order valence-corrected chi connectivity index (χ1v) is 6.74. The molecule has 0 aliphatic rings. The van der Waals surface area contributed by atoms with Crippen molar-refractivity contribution in [3.63, 3.8) is 0 Å². The van der Waals surface area contributed by atoms with Crippen molar-refractivity contribution in [3.8, 4) is 5.75 Å². The van der Waals surface area contributed by atoms with Gasteiger partial charge >= 0.3 is 0 Å². The van der Waals surface area contributed by atoms with Crippen LogP contribution in [0.4, 0.5) is 10.1 Å². The van der Waals surface area contributed by atoms with Crippen LogP contribution in [0.1, 0.15) is 0 Å². The molecule has 5 heteroatoms. The highest BCUT2D eigenvalue weighted by Gasteiger charge is 2.08. The number of rotatable bonds is 4. The molecule has 0 aliphatic heterocycles. The third kappa shape index (κ3) is 3.03. The van der Waals surface area contributed by atoms with Crippen molar-refractivity contribution in [2.75, 3.05) is 11.9 Å². The number of hydrogen-bond acceptors (Lipinski definition) is 3. The second-order valence-corrected chi connectivity index (χ2v) is 4.67. The van der Waals surface area contributed by atoms with E-state index in [0.717, 1.165) is 10.8 Å². The molecule has 2 aromatic carbocycles. The molecule has 110 valence electrons. The topological polar surface area (TPSA) is 51.2 Å². The Morgan fingerprint density at radius 2 is 2.00 bits per heavy atom. The summed E-state index contributed by atoms with van der Waals surface area (Å²) in [4.78, 5) is 16.0. The van der Waals surface area contributed by atoms with Crippen LogP contribution < -0.4 is 10.1 Å². The van der Waals surface area contributed by atoms with Crippen LogP contribution in [-0.4, -0.2) is 17.5 Å². The lowest BCUT2D eigenvalue weighted by atomic mass is 10.1. The number of nitrogens with zero attached hydrogens (tertiary/aromatic N) is 1. The molecule has 1 N–H and O–H groups in total. The van der Waals surface area contributed by atoms with Crippen LogP contribution in [-0.2, 0) is 4.79 Å². The maximum Gasteiger partial charge on any atom is 0.262 e. The zero-order chi connectivity index (χ0) is 15.4. The van der Waals surface area contributed by atoms with E-state index < -0.39 is 5.82 Å². The molecular weight excluding hydrogens is 283 g/mol. The number of carbonyl (C=O) groups is 1. The van der Waals surface area contributed by atoms with E-state index in [2.05, 4.69) is 10.3 Å². The minimum absolute atomic E-state index is 0.0553. The van der Waals surface area contributed by atoms with Crippen molar-refractivity contribution >= 4 is 22.4 Å². The van der Waals surface area contributed by atoms with Gasteiger partial charge in [-0.15, -0.1) is 0 Å². The molecule has 0 bridgehead atoms. The number of ether oxygens (including phenoxy) is 1. The lowest BCUT2D eigenvalue weighted by Gasteiger charge is -2.10. The minimum Gasteiger partial charge on any atom is -0.481 e. The van der Waals surface area contributed by atoms with Gasteiger partial charge in [-0.2, -0.15) is 0 Å². The third-order valence-corrected chi connectivity index (χ3v) is 3.15. The molecule has 0 spiro atoms. The summed E-state index contributed by atoms with van der Waals surface area (Å²) in [6.45, 7) is -0.262. The zero-order valence-corrected chi connectivity index (χ0v) is 11.6. The van der Waals surface area contributed by atoms with E-state index in [-0.39, 0.29) is 18.3 Å². The van der Waals surface area contributed by atoms with E-state index in [1.54, 1.807) is 30.6 Å². The minimum atomic E-state index is -0.494. The SMILES string of the molecule is O=C(COc1ccccc1F)Nc1cccc2cnccc12. The summed E-state index contributed by atoms with van der Waals surface area (Å²) >= 11 is 0. The molecule has 0 aliphatic carbocycles. The number of halogens is 1. The van der Waals surface area contributed by atoms with Crippen LogP contribution in [0, 0.1) is 5.82 Å². The van der Waals surface area contributed by atoms with Crippen molar-refractivity contribution < 1.29 is 13.9 Å². The largest absolute Gasteiger partial charge is 0.481 e. The van der Waals surface area contributed by atoms with Gasteiger partial charge in [0.25, 0.3) is 5.91 Å².